The molecule has 1 atom stereocenters. The first-order chi connectivity index (χ1) is 14.3. The molecule has 0 spiro atoms. The Labute approximate surface area is 171 Å². The van der Waals surface area contributed by atoms with Gasteiger partial charge in [0.2, 0.25) is 5.82 Å². The van der Waals surface area contributed by atoms with Crippen LogP contribution in [0.4, 0.5) is 0 Å². The molecule has 29 heavy (non-hydrogen) atoms. The van der Waals surface area contributed by atoms with Gasteiger partial charge in [0, 0.05) is 24.8 Å². The molecule has 0 bridgehead atoms. The van der Waals surface area contributed by atoms with Gasteiger partial charge in [-0.15, -0.1) is 0 Å². The Kier molecular flexibility index (Phi) is 5.41. The Balaban J connectivity index is 1.31. The number of aromatic nitrogens is 4. The van der Waals surface area contributed by atoms with Crippen molar-refractivity contribution in [3.63, 3.8) is 0 Å². The highest BCUT2D eigenvalue weighted by Crippen LogP contribution is 2.24. The van der Waals surface area contributed by atoms with Gasteiger partial charge in [0.15, 0.2) is 5.69 Å². The highest BCUT2D eigenvalue weighted by molar-refractivity contribution is 5.58. The summed E-state index contributed by atoms with van der Waals surface area (Å²) in [7, 11) is 0. The number of rotatable bonds is 5. The molecule has 1 N–H and O–H groups in total. The first-order valence-corrected chi connectivity index (χ1v) is 10.8. The molecule has 7 heteroatoms. The van der Waals surface area contributed by atoms with Gasteiger partial charge in [0.25, 0.3) is 5.89 Å². The molecule has 5 rings (SSSR count). The van der Waals surface area contributed by atoms with E-state index >= 15 is 0 Å². The van der Waals surface area contributed by atoms with E-state index in [0.717, 1.165) is 37.3 Å². The molecule has 2 saturated heterocycles. The third kappa shape index (κ3) is 4.26. The van der Waals surface area contributed by atoms with Crippen molar-refractivity contribution in [2.24, 2.45) is 0 Å². The van der Waals surface area contributed by atoms with E-state index in [1.54, 1.807) is 0 Å². The smallest absolute Gasteiger partial charge is 0.278 e. The SMILES string of the molecule is c1cc(CN2CCCCC2)cc(-c2noc(-c3ccn(C4CCCNC4)n3)n2)c1. The third-order valence-corrected chi connectivity index (χ3v) is 5.94. The number of hydrogen-bond donors (Lipinski definition) is 1. The number of hydrogen-bond acceptors (Lipinski definition) is 6. The summed E-state index contributed by atoms with van der Waals surface area (Å²) in [5.41, 5.74) is 3.02. The van der Waals surface area contributed by atoms with Gasteiger partial charge < -0.3 is 9.84 Å². The van der Waals surface area contributed by atoms with Crippen molar-refractivity contribution in [3.05, 3.63) is 42.1 Å². The van der Waals surface area contributed by atoms with Crippen LogP contribution in [-0.4, -0.2) is 51.0 Å². The van der Waals surface area contributed by atoms with Crippen LogP contribution in [0.25, 0.3) is 23.0 Å². The molecule has 2 aromatic heterocycles. The lowest BCUT2D eigenvalue weighted by atomic mass is 10.1. The minimum absolute atomic E-state index is 0.395. The van der Waals surface area contributed by atoms with E-state index in [1.165, 1.54) is 44.3 Å². The number of benzene rings is 1. The van der Waals surface area contributed by atoms with E-state index in [2.05, 4.69) is 43.7 Å². The van der Waals surface area contributed by atoms with Crippen molar-refractivity contribution in [3.8, 4) is 23.0 Å². The van der Waals surface area contributed by atoms with Gasteiger partial charge in [-0.2, -0.15) is 10.1 Å². The van der Waals surface area contributed by atoms with Gasteiger partial charge in [-0.05, 0) is 63.0 Å². The Morgan fingerprint density at radius 2 is 2.03 bits per heavy atom. The van der Waals surface area contributed by atoms with Crippen LogP contribution in [-0.2, 0) is 6.54 Å². The van der Waals surface area contributed by atoms with Crippen LogP contribution in [0.3, 0.4) is 0 Å². The predicted octanol–water partition coefficient (Wildman–Crippen LogP) is 3.51. The summed E-state index contributed by atoms with van der Waals surface area (Å²) in [5, 5.41) is 12.3. The zero-order valence-corrected chi connectivity index (χ0v) is 16.8. The third-order valence-electron chi connectivity index (χ3n) is 5.94. The van der Waals surface area contributed by atoms with Gasteiger partial charge in [-0.3, -0.25) is 9.58 Å². The quantitative estimate of drug-likeness (QED) is 0.716. The van der Waals surface area contributed by atoms with E-state index in [9.17, 15) is 0 Å². The van der Waals surface area contributed by atoms with Crippen LogP contribution in [0.2, 0.25) is 0 Å². The second-order valence-corrected chi connectivity index (χ2v) is 8.14. The number of piperidine rings is 2. The van der Waals surface area contributed by atoms with E-state index in [1.807, 2.05) is 23.0 Å². The molecule has 0 amide bonds. The molecule has 3 aromatic rings. The van der Waals surface area contributed by atoms with Crippen LogP contribution in [0.1, 0.15) is 43.7 Å². The van der Waals surface area contributed by atoms with E-state index < -0.39 is 0 Å². The van der Waals surface area contributed by atoms with E-state index in [4.69, 9.17) is 4.52 Å². The second-order valence-electron chi connectivity index (χ2n) is 8.14. The van der Waals surface area contributed by atoms with E-state index in [0.29, 0.717) is 17.8 Å². The maximum atomic E-state index is 5.53. The summed E-state index contributed by atoms with van der Waals surface area (Å²) in [4.78, 5) is 7.14. The van der Waals surface area contributed by atoms with Crippen LogP contribution >= 0.6 is 0 Å². The topological polar surface area (TPSA) is 72.0 Å². The van der Waals surface area contributed by atoms with Gasteiger partial charge in [0.1, 0.15) is 0 Å². The lowest BCUT2D eigenvalue weighted by molar-refractivity contribution is 0.221. The molecule has 4 heterocycles. The van der Waals surface area contributed by atoms with Crippen LogP contribution in [0.5, 0.6) is 0 Å². The first kappa shape index (κ1) is 18.5. The molecule has 7 nitrogen and oxygen atoms in total. The molecule has 2 aliphatic heterocycles. The fourth-order valence-corrected chi connectivity index (χ4v) is 4.34. The normalized spacial score (nSPS) is 20.8. The largest absolute Gasteiger partial charge is 0.332 e. The average molecular weight is 393 g/mol. The molecule has 2 aliphatic rings. The predicted molar refractivity (Wildman–Crippen MR) is 111 cm³/mol. The Bertz CT molecular complexity index is 936. The summed E-state index contributed by atoms with van der Waals surface area (Å²) in [6, 6.07) is 10.8. The highest BCUT2D eigenvalue weighted by Gasteiger charge is 2.19. The Hall–Kier alpha value is -2.51. The zero-order valence-electron chi connectivity index (χ0n) is 16.8. The molecule has 0 aliphatic carbocycles. The molecular weight excluding hydrogens is 364 g/mol. The monoisotopic (exact) mass is 392 g/mol. The van der Waals surface area contributed by atoms with Crippen LogP contribution < -0.4 is 5.32 Å². The Morgan fingerprint density at radius 3 is 2.90 bits per heavy atom. The summed E-state index contributed by atoms with van der Waals surface area (Å²) in [5.74, 6) is 1.10. The molecule has 2 fully saturated rings. The van der Waals surface area contributed by atoms with Crippen molar-refractivity contribution in [1.82, 2.24) is 30.1 Å². The Morgan fingerprint density at radius 1 is 1.10 bits per heavy atom. The molecule has 152 valence electrons. The summed E-state index contributed by atoms with van der Waals surface area (Å²) in [6.45, 7) is 5.42. The van der Waals surface area contributed by atoms with Crippen molar-refractivity contribution in [2.45, 2.75) is 44.7 Å². The second kappa shape index (κ2) is 8.47. The minimum Gasteiger partial charge on any atom is -0.332 e. The fourth-order valence-electron chi connectivity index (χ4n) is 4.34. The van der Waals surface area contributed by atoms with Gasteiger partial charge in [-0.25, -0.2) is 0 Å². The molecule has 0 radical (unpaired) electrons. The molecular formula is C22H28N6O. The lowest BCUT2D eigenvalue weighted by Crippen LogP contribution is -2.31. The van der Waals surface area contributed by atoms with Crippen molar-refractivity contribution in [1.29, 1.82) is 0 Å². The van der Waals surface area contributed by atoms with Crippen molar-refractivity contribution in [2.75, 3.05) is 26.2 Å². The first-order valence-electron chi connectivity index (χ1n) is 10.8. The molecule has 1 aromatic carbocycles. The minimum atomic E-state index is 0.395. The maximum absolute atomic E-state index is 5.53. The highest BCUT2D eigenvalue weighted by atomic mass is 16.5. The number of likely N-dealkylation sites (tertiary alicyclic amines) is 1. The fraction of sp³-hybridized carbons (Fsp3) is 0.500. The van der Waals surface area contributed by atoms with Gasteiger partial charge in [-0.1, -0.05) is 29.8 Å². The number of nitrogens with one attached hydrogen (secondary N) is 1. The van der Waals surface area contributed by atoms with Crippen LogP contribution in [0.15, 0.2) is 41.1 Å². The summed E-state index contributed by atoms with van der Waals surface area (Å²) >= 11 is 0. The van der Waals surface area contributed by atoms with Gasteiger partial charge in [0.05, 0.1) is 6.04 Å². The van der Waals surface area contributed by atoms with Crippen molar-refractivity contribution < 1.29 is 4.52 Å². The maximum Gasteiger partial charge on any atom is 0.278 e. The standard InChI is InChI=1S/C22H28N6O/c1-2-11-27(12-3-1)16-17-6-4-7-18(14-17)21-24-22(29-26-21)20-9-13-28(25-20)19-8-5-10-23-15-19/h4,6-7,9,13-14,19,23H,1-3,5,8,10-12,15-16H2. The van der Waals surface area contributed by atoms with E-state index in [-0.39, 0.29) is 0 Å². The lowest BCUT2D eigenvalue weighted by Gasteiger charge is -2.26. The summed E-state index contributed by atoms with van der Waals surface area (Å²) < 4.78 is 7.55. The molecule has 0 saturated carbocycles. The van der Waals surface area contributed by atoms with Gasteiger partial charge >= 0.3 is 0 Å². The zero-order chi connectivity index (χ0) is 19.5. The summed E-state index contributed by atoms with van der Waals surface area (Å²) in [6.07, 6.45) is 8.30. The number of nitrogens with zero attached hydrogens (tertiary/aromatic N) is 5. The molecule has 1 unspecified atom stereocenters. The average Bonchev–Trinajstić information content (AvgIpc) is 3.45. The van der Waals surface area contributed by atoms with Crippen molar-refractivity contribution >= 4 is 0 Å². The van der Waals surface area contributed by atoms with Crippen LogP contribution in [0, 0.1) is 0 Å².